The summed E-state index contributed by atoms with van der Waals surface area (Å²) in [6.07, 6.45) is 7.10. The van der Waals surface area contributed by atoms with Crippen LogP contribution in [-0.2, 0) is 20.2 Å². The Bertz CT molecular complexity index is 1460. The van der Waals surface area contributed by atoms with Crippen LogP contribution in [0, 0.1) is 0 Å². The number of hydrogen-bond acceptors (Lipinski definition) is 6. The molecule has 0 heterocycles. The van der Waals surface area contributed by atoms with Crippen molar-refractivity contribution in [3.05, 3.63) is 77.4 Å². The van der Waals surface area contributed by atoms with Gasteiger partial charge in [0.2, 0.25) is 0 Å². The fourth-order valence-corrected chi connectivity index (χ4v) is 4.87. The van der Waals surface area contributed by atoms with E-state index in [0.717, 1.165) is 17.5 Å². The maximum Gasteiger partial charge on any atom is 0.298 e. The summed E-state index contributed by atoms with van der Waals surface area (Å²) in [6.45, 7) is 0. The second kappa shape index (κ2) is 9.18. The Morgan fingerprint density at radius 1 is 0.824 bits per heavy atom. The van der Waals surface area contributed by atoms with Crippen LogP contribution in [0.5, 0.6) is 5.75 Å². The van der Waals surface area contributed by atoms with Gasteiger partial charge in [0.15, 0.2) is 5.71 Å². The third kappa shape index (κ3) is 5.28. The van der Waals surface area contributed by atoms with Crippen molar-refractivity contribution in [1.82, 2.24) is 0 Å². The molecule has 34 heavy (non-hydrogen) atoms. The molecule has 0 amide bonds. The van der Waals surface area contributed by atoms with E-state index in [-0.39, 0.29) is 5.56 Å². The van der Waals surface area contributed by atoms with Crippen molar-refractivity contribution in [3.63, 3.8) is 0 Å². The van der Waals surface area contributed by atoms with Crippen molar-refractivity contribution >= 4 is 37.2 Å². The molecule has 0 bridgehead atoms. The molecule has 0 spiro atoms. The molecule has 9 nitrogen and oxygen atoms in total. The van der Waals surface area contributed by atoms with Gasteiger partial charge in [0, 0.05) is 37.5 Å². The molecule has 1 aliphatic rings. The van der Waals surface area contributed by atoms with Gasteiger partial charge in [0.05, 0.1) is 0 Å². The first-order valence-electron chi connectivity index (χ1n) is 9.95. The molecule has 0 radical (unpaired) electrons. The van der Waals surface area contributed by atoms with Gasteiger partial charge in [-0.25, -0.2) is 4.58 Å². The molecule has 11 heteroatoms. The van der Waals surface area contributed by atoms with E-state index in [1.54, 1.807) is 24.3 Å². The molecule has 0 saturated heterocycles. The van der Waals surface area contributed by atoms with Crippen LogP contribution in [0.25, 0.3) is 5.57 Å². The molecule has 2 aromatic carbocycles. The van der Waals surface area contributed by atoms with Gasteiger partial charge in [-0.3, -0.25) is 9.11 Å². The molecule has 180 valence electrons. The highest BCUT2D eigenvalue weighted by Crippen LogP contribution is 2.38. The van der Waals surface area contributed by atoms with Crippen LogP contribution in [0.1, 0.15) is 11.1 Å². The zero-order chi connectivity index (χ0) is 25.4. The minimum Gasteiger partial charge on any atom is -0.506 e. The summed E-state index contributed by atoms with van der Waals surface area (Å²) >= 11 is 0. The lowest BCUT2D eigenvalue weighted by Crippen LogP contribution is -2.11. The predicted octanol–water partition coefficient (Wildman–Crippen LogP) is 2.59. The molecule has 0 saturated carbocycles. The number of anilines is 1. The maximum atomic E-state index is 12.3. The van der Waals surface area contributed by atoms with Gasteiger partial charge in [0.25, 0.3) is 20.2 Å². The van der Waals surface area contributed by atoms with E-state index in [1.165, 1.54) is 0 Å². The number of nitrogens with zero attached hydrogens (tertiary/aromatic N) is 2. The summed E-state index contributed by atoms with van der Waals surface area (Å²) in [6, 6.07) is 8.54. The van der Waals surface area contributed by atoms with E-state index in [1.807, 2.05) is 62.0 Å². The lowest BCUT2D eigenvalue weighted by Gasteiger charge is -2.19. The first-order valence-corrected chi connectivity index (χ1v) is 12.8. The smallest absolute Gasteiger partial charge is 0.298 e. The van der Waals surface area contributed by atoms with Crippen LogP contribution in [0.2, 0.25) is 0 Å². The van der Waals surface area contributed by atoms with Gasteiger partial charge in [-0.05, 0) is 53.1 Å². The number of phenolic OH excluding ortho intramolecular Hbond substituents is 1. The molecule has 0 aliphatic heterocycles. The summed E-state index contributed by atoms with van der Waals surface area (Å²) in [5, 5.41) is 10.4. The minimum atomic E-state index is -4.96. The average molecular weight is 506 g/mol. The van der Waals surface area contributed by atoms with E-state index >= 15 is 0 Å². The molecule has 3 N–H and O–H groups in total. The van der Waals surface area contributed by atoms with Crippen LogP contribution >= 0.6 is 0 Å². The normalized spacial score (nSPS) is 13.8. The number of hydrogen-bond donors (Lipinski definition) is 3. The zero-order valence-electron chi connectivity index (χ0n) is 19.0. The topological polar surface area (TPSA) is 135 Å². The van der Waals surface area contributed by atoms with Gasteiger partial charge < -0.3 is 10.0 Å². The summed E-state index contributed by atoms with van der Waals surface area (Å²) in [5.74, 6) is -0.864. The highest BCUT2D eigenvalue weighted by atomic mass is 32.2. The first-order chi connectivity index (χ1) is 15.7. The van der Waals surface area contributed by atoms with Gasteiger partial charge >= 0.3 is 0 Å². The van der Waals surface area contributed by atoms with Crippen LogP contribution in [-0.4, -0.2) is 69.5 Å². The molecule has 0 fully saturated rings. The Morgan fingerprint density at radius 2 is 1.35 bits per heavy atom. The SMILES string of the molecule is CN(C)c1ccc(C(=C2C=CC(=[N+](C)C)C=C2)c2cc(O)c(S(=O)(=O)O)cc2S(=O)(=O)O)cc1. The molecule has 0 aromatic heterocycles. The number of phenols is 1. The standard InChI is InChI=1S/C23H24N2O7S2/c1-24(2)17-9-5-15(6-10-17)23(16-7-11-18(12-8-16)25(3)4)19-13-20(26)22(34(30,31)32)14-21(19)33(27,28)29/h5-14H,1-4H3,(H2-,26,27,28,29,30,31,32)/p+1. The van der Waals surface area contributed by atoms with Gasteiger partial charge in [-0.15, -0.1) is 0 Å². The van der Waals surface area contributed by atoms with Crippen LogP contribution in [0.3, 0.4) is 0 Å². The van der Waals surface area contributed by atoms with E-state index in [2.05, 4.69) is 0 Å². The van der Waals surface area contributed by atoms with Gasteiger partial charge in [-0.1, -0.05) is 12.1 Å². The van der Waals surface area contributed by atoms with Crippen LogP contribution in [0.15, 0.2) is 76.1 Å². The average Bonchev–Trinajstić information content (AvgIpc) is 2.73. The first kappa shape index (κ1) is 25.4. The Hall–Kier alpha value is -3.25. The molecule has 0 atom stereocenters. The number of allylic oxidation sites excluding steroid dienone is 5. The lowest BCUT2D eigenvalue weighted by atomic mass is 9.90. The van der Waals surface area contributed by atoms with E-state index in [0.29, 0.717) is 22.8 Å². The summed E-state index contributed by atoms with van der Waals surface area (Å²) < 4.78 is 69.1. The summed E-state index contributed by atoms with van der Waals surface area (Å²) in [5.41, 5.74) is 3.04. The minimum absolute atomic E-state index is 0.136. The zero-order valence-corrected chi connectivity index (χ0v) is 20.6. The molecule has 0 unspecified atom stereocenters. The molecular weight excluding hydrogens is 480 g/mol. The Labute approximate surface area is 198 Å². The quantitative estimate of drug-likeness (QED) is 0.417. The molecule has 2 aromatic rings. The van der Waals surface area contributed by atoms with Crippen molar-refractivity contribution in [3.8, 4) is 5.75 Å². The van der Waals surface area contributed by atoms with Crippen LogP contribution in [0.4, 0.5) is 5.69 Å². The van der Waals surface area contributed by atoms with Gasteiger partial charge in [-0.2, -0.15) is 16.8 Å². The van der Waals surface area contributed by atoms with E-state index < -0.39 is 35.8 Å². The van der Waals surface area contributed by atoms with Crippen LogP contribution < -0.4 is 4.90 Å². The summed E-state index contributed by atoms with van der Waals surface area (Å²) in [4.78, 5) is 0.0708. The van der Waals surface area contributed by atoms with Crippen molar-refractivity contribution in [2.75, 3.05) is 33.1 Å². The highest BCUT2D eigenvalue weighted by molar-refractivity contribution is 7.86. The Morgan fingerprint density at radius 3 is 1.79 bits per heavy atom. The Kier molecular flexibility index (Phi) is 6.85. The second-order valence-electron chi connectivity index (χ2n) is 8.02. The number of aromatic hydroxyl groups is 1. The highest BCUT2D eigenvalue weighted by Gasteiger charge is 2.27. The fourth-order valence-electron chi connectivity index (χ4n) is 3.50. The molecule has 1 aliphatic carbocycles. The maximum absolute atomic E-state index is 12.3. The predicted molar refractivity (Wildman–Crippen MR) is 130 cm³/mol. The molecular formula is C23H25N2O7S2+. The second-order valence-corrected chi connectivity index (χ2v) is 10.8. The van der Waals surface area contributed by atoms with Crippen molar-refractivity contribution in [2.45, 2.75) is 9.79 Å². The number of rotatable bonds is 5. The number of benzene rings is 2. The third-order valence-corrected chi connectivity index (χ3v) is 7.01. The lowest BCUT2D eigenvalue weighted by molar-refractivity contribution is -0.462. The Balaban J connectivity index is 2.42. The van der Waals surface area contributed by atoms with Crippen molar-refractivity contribution in [2.24, 2.45) is 0 Å². The third-order valence-electron chi connectivity index (χ3n) is 5.23. The monoisotopic (exact) mass is 505 g/mol. The fraction of sp³-hybridized carbons (Fsp3) is 0.174. The van der Waals surface area contributed by atoms with Crippen molar-refractivity contribution < 1.29 is 35.6 Å². The van der Waals surface area contributed by atoms with E-state index in [9.17, 15) is 31.0 Å². The molecule has 3 rings (SSSR count). The van der Waals surface area contributed by atoms with E-state index in [4.69, 9.17) is 0 Å². The summed E-state index contributed by atoms with van der Waals surface area (Å²) in [7, 11) is -2.47. The van der Waals surface area contributed by atoms with Gasteiger partial charge in [0.1, 0.15) is 29.6 Å². The largest absolute Gasteiger partial charge is 0.506 e. The van der Waals surface area contributed by atoms with Crippen molar-refractivity contribution in [1.29, 1.82) is 0 Å².